The monoisotopic (exact) mass is 352 g/mol. The lowest BCUT2D eigenvalue weighted by Crippen LogP contribution is -2.25. The normalized spacial score (nSPS) is 11.7. The summed E-state index contributed by atoms with van der Waals surface area (Å²) >= 11 is 1.67. The van der Waals surface area contributed by atoms with E-state index in [9.17, 15) is 9.59 Å². The van der Waals surface area contributed by atoms with Crippen LogP contribution in [0.1, 0.15) is 22.2 Å². The van der Waals surface area contributed by atoms with E-state index in [1.165, 1.54) is 4.88 Å². The van der Waals surface area contributed by atoms with Crippen LogP contribution in [0.5, 0.6) is 0 Å². The first-order chi connectivity index (χ1) is 11.9. The van der Waals surface area contributed by atoms with Crippen molar-refractivity contribution in [3.63, 3.8) is 0 Å². The number of H-pyrrole nitrogens is 1. The first-order valence-corrected chi connectivity index (χ1v) is 8.87. The van der Waals surface area contributed by atoms with Crippen LogP contribution < -0.4 is 5.56 Å². The van der Waals surface area contributed by atoms with Crippen LogP contribution >= 0.6 is 11.3 Å². The van der Waals surface area contributed by atoms with E-state index in [0.717, 1.165) is 26.9 Å². The van der Waals surface area contributed by atoms with Crippen molar-refractivity contribution in [2.24, 2.45) is 0 Å². The van der Waals surface area contributed by atoms with Crippen LogP contribution in [0, 0.1) is 6.92 Å². The van der Waals surface area contributed by atoms with Gasteiger partial charge in [-0.05, 0) is 43.2 Å². The Bertz CT molecular complexity index is 1010. The van der Waals surface area contributed by atoms with E-state index >= 15 is 0 Å². The average Bonchev–Trinajstić information content (AvgIpc) is 3.01. The van der Waals surface area contributed by atoms with Crippen LogP contribution in [0.2, 0.25) is 0 Å². The molecule has 0 saturated heterocycles. The number of aryl methyl sites for hydroxylation is 1. The van der Waals surface area contributed by atoms with Gasteiger partial charge in [-0.15, -0.1) is 11.3 Å². The number of allylic oxidation sites excluding steroid dienone is 1. The van der Waals surface area contributed by atoms with Crippen molar-refractivity contribution < 1.29 is 4.79 Å². The molecule has 0 unspecified atom stereocenters. The Labute approximate surface area is 150 Å². The number of nitrogens with zero attached hydrogens (tertiary/aromatic N) is 1. The van der Waals surface area contributed by atoms with Crippen molar-refractivity contribution in [1.29, 1.82) is 0 Å². The molecule has 2 heterocycles. The maximum atomic E-state index is 12.5. The van der Waals surface area contributed by atoms with Gasteiger partial charge >= 0.3 is 0 Å². The molecule has 1 amide bonds. The Balaban J connectivity index is 1.84. The number of nitrogens with one attached hydrogen (secondary N) is 1. The number of carbonyl (C=O) groups excluding carboxylic acids is 1. The molecule has 0 saturated carbocycles. The maximum Gasteiger partial charge on any atom is 0.248 e. The molecular formula is C20H20N2O2S. The first-order valence-electron chi connectivity index (χ1n) is 8.05. The summed E-state index contributed by atoms with van der Waals surface area (Å²) in [6, 6.07) is 13.3. The number of para-hydroxylation sites is 1. The summed E-state index contributed by atoms with van der Waals surface area (Å²) in [7, 11) is 1.75. The quantitative estimate of drug-likeness (QED) is 0.723. The number of hydrogen-bond donors (Lipinski definition) is 1. The lowest BCUT2D eigenvalue weighted by Gasteiger charge is -2.17. The molecule has 0 spiro atoms. The molecule has 2 aromatic heterocycles. The third-order valence-electron chi connectivity index (χ3n) is 4.09. The molecule has 0 aliphatic carbocycles. The van der Waals surface area contributed by atoms with Gasteiger partial charge in [0, 0.05) is 46.4 Å². The SMILES string of the molecule is CC(=CC(=O)N(C)Cc1cc(=O)[nH]c2ccccc12)c1ccc(C)s1. The largest absolute Gasteiger partial charge is 0.338 e. The fraction of sp³-hybridized carbons (Fsp3) is 0.200. The highest BCUT2D eigenvalue weighted by Crippen LogP contribution is 2.23. The van der Waals surface area contributed by atoms with E-state index in [1.807, 2.05) is 50.2 Å². The number of carbonyl (C=O) groups is 1. The minimum absolute atomic E-state index is 0.0760. The fourth-order valence-corrected chi connectivity index (χ4v) is 3.59. The Kier molecular flexibility index (Phi) is 4.86. The second-order valence-corrected chi connectivity index (χ2v) is 7.42. The minimum atomic E-state index is -0.157. The second kappa shape index (κ2) is 7.07. The van der Waals surface area contributed by atoms with Crippen LogP contribution in [0.3, 0.4) is 0 Å². The van der Waals surface area contributed by atoms with Gasteiger partial charge in [-0.25, -0.2) is 0 Å². The van der Waals surface area contributed by atoms with Crippen LogP contribution in [0.4, 0.5) is 0 Å². The molecule has 0 aliphatic heterocycles. The van der Waals surface area contributed by atoms with Gasteiger partial charge in [-0.2, -0.15) is 0 Å². The Morgan fingerprint density at radius 1 is 1.24 bits per heavy atom. The van der Waals surface area contributed by atoms with Gasteiger partial charge < -0.3 is 9.88 Å². The van der Waals surface area contributed by atoms with E-state index in [0.29, 0.717) is 6.54 Å². The molecule has 3 rings (SSSR count). The number of hydrogen-bond acceptors (Lipinski definition) is 3. The van der Waals surface area contributed by atoms with Gasteiger partial charge in [-0.1, -0.05) is 18.2 Å². The van der Waals surface area contributed by atoms with E-state index in [1.54, 1.807) is 35.4 Å². The maximum absolute atomic E-state index is 12.5. The molecule has 3 aromatic rings. The Morgan fingerprint density at radius 2 is 2.00 bits per heavy atom. The second-order valence-electron chi connectivity index (χ2n) is 6.14. The van der Waals surface area contributed by atoms with Gasteiger partial charge in [0.05, 0.1) is 0 Å². The number of fused-ring (bicyclic) bond motifs is 1. The van der Waals surface area contributed by atoms with E-state index in [2.05, 4.69) is 4.98 Å². The summed E-state index contributed by atoms with van der Waals surface area (Å²) < 4.78 is 0. The summed E-state index contributed by atoms with van der Waals surface area (Å²) in [6.07, 6.45) is 1.65. The van der Waals surface area contributed by atoms with E-state index in [-0.39, 0.29) is 11.5 Å². The number of amides is 1. The average molecular weight is 352 g/mol. The summed E-state index contributed by atoms with van der Waals surface area (Å²) in [5, 5.41) is 0.955. The number of rotatable bonds is 4. The highest BCUT2D eigenvalue weighted by molar-refractivity contribution is 7.13. The number of pyridine rings is 1. The summed E-state index contributed by atoms with van der Waals surface area (Å²) in [4.78, 5) is 31.1. The summed E-state index contributed by atoms with van der Waals surface area (Å²) in [5.41, 5.74) is 2.42. The Hall–Kier alpha value is -2.66. The summed E-state index contributed by atoms with van der Waals surface area (Å²) in [5.74, 6) is -0.0760. The minimum Gasteiger partial charge on any atom is -0.338 e. The first kappa shape index (κ1) is 17.2. The summed E-state index contributed by atoms with van der Waals surface area (Å²) in [6.45, 7) is 4.38. The molecule has 0 atom stereocenters. The molecule has 128 valence electrons. The zero-order chi connectivity index (χ0) is 18.0. The molecule has 1 aromatic carbocycles. The van der Waals surface area contributed by atoms with Gasteiger partial charge in [0.1, 0.15) is 0 Å². The number of aromatic nitrogens is 1. The van der Waals surface area contributed by atoms with Crippen molar-refractivity contribution in [1.82, 2.24) is 9.88 Å². The molecule has 5 heteroatoms. The van der Waals surface area contributed by atoms with Gasteiger partial charge in [0.2, 0.25) is 11.5 Å². The van der Waals surface area contributed by atoms with Gasteiger partial charge in [-0.3, -0.25) is 9.59 Å². The molecule has 0 aliphatic rings. The van der Waals surface area contributed by atoms with Crippen molar-refractivity contribution in [2.75, 3.05) is 7.05 Å². The number of likely N-dealkylation sites (N-methyl/N-ethyl adjacent to an activating group) is 1. The molecule has 0 radical (unpaired) electrons. The highest BCUT2D eigenvalue weighted by Gasteiger charge is 2.11. The van der Waals surface area contributed by atoms with Gasteiger partial charge in [0.25, 0.3) is 0 Å². The standard InChI is InChI=1S/C20H20N2O2S/c1-13(18-9-8-14(2)25-18)10-20(24)22(3)12-15-11-19(23)21-17-7-5-4-6-16(15)17/h4-11H,12H2,1-3H3,(H,21,23). The topological polar surface area (TPSA) is 53.2 Å². The fourth-order valence-electron chi connectivity index (χ4n) is 2.75. The zero-order valence-electron chi connectivity index (χ0n) is 14.5. The third-order valence-corrected chi connectivity index (χ3v) is 5.22. The molecule has 1 N–H and O–H groups in total. The predicted molar refractivity (Wildman–Crippen MR) is 104 cm³/mol. The predicted octanol–water partition coefficient (Wildman–Crippen LogP) is 3.96. The molecule has 4 nitrogen and oxygen atoms in total. The van der Waals surface area contributed by atoms with E-state index < -0.39 is 0 Å². The zero-order valence-corrected chi connectivity index (χ0v) is 15.3. The molecule has 0 bridgehead atoms. The Morgan fingerprint density at radius 3 is 2.72 bits per heavy atom. The lowest BCUT2D eigenvalue weighted by atomic mass is 10.1. The third kappa shape index (κ3) is 3.88. The number of aromatic amines is 1. The smallest absolute Gasteiger partial charge is 0.248 e. The van der Waals surface area contributed by atoms with Crippen molar-refractivity contribution in [3.8, 4) is 0 Å². The van der Waals surface area contributed by atoms with Crippen molar-refractivity contribution in [3.05, 3.63) is 74.2 Å². The van der Waals surface area contributed by atoms with Crippen molar-refractivity contribution >= 4 is 33.7 Å². The van der Waals surface area contributed by atoms with Crippen molar-refractivity contribution in [2.45, 2.75) is 20.4 Å². The van der Waals surface area contributed by atoms with Crippen LogP contribution in [0.15, 0.2) is 53.3 Å². The van der Waals surface area contributed by atoms with Crippen LogP contribution in [-0.2, 0) is 11.3 Å². The molecule has 0 fully saturated rings. The van der Waals surface area contributed by atoms with E-state index in [4.69, 9.17) is 0 Å². The van der Waals surface area contributed by atoms with Crippen LogP contribution in [0.25, 0.3) is 16.5 Å². The number of benzene rings is 1. The molecular weight excluding hydrogens is 332 g/mol. The molecule has 25 heavy (non-hydrogen) atoms. The lowest BCUT2D eigenvalue weighted by molar-refractivity contribution is -0.125. The number of thiophene rings is 1. The van der Waals surface area contributed by atoms with Gasteiger partial charge in [0.15, 0.2) is 0 Å². The highest BCUT2D eigenvalue weighted by atomic mass is 32.1. The van der Waals surface area contributed by atoms with Crippen LogP contribution in [-0.4, -0.2) is 22.8 Å².